The van der Waals surface area contributed by atoms with Crippen LogP contribution in [-0.2, 0) is 6.54 Å². The first-order chi connectivity index (χ1) is 8.65. The predicted octanol–water partition coefficient (Wildman–Crippen LogP) is 3.68. The summed E-state index contributed by atoms with van der Waals surface area (Å²) in [4.78, 5) is 0. The molecular formula is C13H14Cl2N2O. The molecule has 1 atom stereocenters. The Hall–Kier alpha value is -1.03. The highest BCUT2D eigenvalue weighted by molar-refractivity contribution is 6.36. The molecule has 0 aliphatic heterocycles. The van der Waals surface area contributed by atoms with E-state index in [-0.39, 0.29) is 0 Å². The number of aryl methyl sites for hydroxylation is 1. The van der Waals surface area contributed by atoms with Gasteiger partial charge in [0.25, 0.3) is 0 Å². The SMILES string of the molecule is CCCn1nccc1C(O)c1c(Cl)cccc1Cl. The average molecular weight is 285 g/mol. The van der Waals surface area contributed by atoms with Crippen LogP contribution in [0.3, 0.4) is 0 Å². The predicted molar refractivity (Wildman–Crippen MR) is 73.0 cm³/mol. The minimum atomic E-state index is -0.861. The van der Waals surface area contributed by atoms with Crippen molar-refractivity contribution < 1.29 is 5.11 Å². The summed E-state index contributed by atoms with van der Waals surface area (Å²) in [5, 5.41) is 15.5. The number of aliphatic hydroxyl groups excluding tert-OH is 1. The average Bonchev–Trinajstić information content (AvgIpc) is 2.77. The van der Waals surface area contributed by atoms with Crippen molar-refractivity contribution in [2.75, 3.05) is 0 Å². The lowest BCUT2D eigenvalue weighted by molar-refractivity contribution is 0.207. The first-order valence-electron chi connectivity index (χ1n) is 5.78. The molecule has 0 radical (unpaired) electrons. The summed E-state index contributed by atoms with van der Waals surface area (Å²) in [6, 6.07) is 6.96. The van der Waals surface area contributed by atoms with Crippen molar-refractivity contribution >= 4 is 23.2 Å². The molecule has 0 spiro atoms. The Morgan fingerprint density at radius 2 is 1.94 bits per heavy atom. The summed E-state index contributed by atoms with van der Waals surface area (Å²) in [6.45, 7) is 2.81. The number of nitrogens with zero attached hydrogens (tertiary/aromatic N) is 2. The molecule has 0 saturated heterocycles. The fourth-order valence-electron chi connectivity index (χ4n) is 1.89. The molecule has 0 saturated carbocycles. The Kier molecular flexibility index (Phi) is 4.27. The molecular weight excluding hydrogens is 271 g/mol. The molecule has 0 amide bonds. The van der Waals surface area contributed by atoms with Crippen LogP contribution >= 0.6 is 23.2 Å². The van der Waals surface area contributed by atoms with Gasteiger partial charge in [-0.3, -0.25) is 4.68 Å². The second kappa shape index (κ2) is 5.74. The molecule has 2 aromatic rings. The molecule has 96 valence electrons. The molecule has 0 fully saturated rings. The van der Waals surface area contributed by atoms with E-state index in [9.17, 15) is 5.11 Å². The molecule has 0 aliphatic carbocycles. The highest BCUT2D eigenvalue weighted by Gasteiger charge is 2.20. The third kappa shape index (κ3) is 2.53. The van der Waals surface area contributed by atoms with Crippen molar-refractivity contribution in [1.82, 2.24) is 9.78 Å². The number of aromatic nitrogens is 2. The van der Waals surface area contributed by atoms with Crippen LogP contribution in [0.15, 0.2) is 30.5 Å². The Balaban J connectivity index is 2.41. The lowest BCUT2D eigenvalue weighted by atomic mass is 10.1. The molecule has 1 N–H and O–H groups in total. The smallest absolute Gasteiger partial charge is 0.124 e. The van der Waals surface area contributed by atoms with E-state index in [0.29, 0.717) is 21.3 Å². The zero-order valence-electron chi connectivity index (χ0n) is 9.98. The van der Waals surface area contributed by atoms with Gasteiger partial charge in [-0.05, 0) is 24.6 Å². The fourth-order valence-corrected chi connectivity index (χ4v) is 2.50. The van der Waals surface area contributed by atoms with E-state index in [1.54, 1.807) is 35.1 Å². The van der Waals surface area contributed by atoms with Gasteiger partial charge in [0.05, 0.1) is 5.69 Å². The van der Waals surface area contributed by atoms with E-state index >= 15 is 0 Å². The third-order valence-electron chi connectivity index (χ3n) is 2.74. The van der Waals surface area contributed by atoms with E-state index in [2.05, 4.69) is 12.0 Å². The first kappa shape index (κ1) is 13.4. The number of aliphatic hydroxyl groups is 1. The molecule has 18 heavy (non-hydrogen) atoms. The minimum Gasteiger partial charge on any atom is -0.382 e. The van der Waals surface area contributed by atoms with Gasteiger partial charge in [0.2, 0.25) is 0 Å². The molecule has 1 aromatic heterocycles. The standard InChI is InChI=1S/C13H14Cl2N2O/c1-2-8-17-11(6-7-16-17)13(18)12-9(14)4-3-5-10(12)15/h3-7,13,18H,2,8H2,1H3. The largest absolute Gasteiger partial charge is 0.382 e. The third-order valence-corrected chi connectivity index (χ3v) is 3.40. The van der Waals surface area contributed by atoms with Gasteiger partial charge in [0.1, 0.15) is 6.10 Å². The van der Waals surface area contributed by atoms with Crippen LogP contribution in [-0.4, -0.2) is 14.9 Å². The van der Waals surface area contributed by atoms with Gasteiger partial charge in [-0.25, -0.2) is 0 Å². The maximum absolute atomic E-state index is 10.4. The minimum absolute atomic E-state index is 0.458. The summed E-state index contributed by atoms with van der Waals surface area (Å²) in [7, 11) is 0. The van der Waals surface area contributed by atoms with Gasteiger partial charge >= 0.3 is 0 Å². The number of hydrogen-bond acceptors (Lipinski definition) is 2. The molecule has 5 heteroatoms. The Bertz CT molecular complexity index is 519. The van der Waals surface area contributed by atoms with Crippen LogP contribution in [0.2, 0.25) is 10.0 Å². The second-order valence-corrected chi connectivity index (χ2v) is 4.83. The van der Waals surface area contributed by atoms with Crippen molar-refractivity contribution in [2.24, 2.45) is 0 Å². The van der Waals surface area contributed by atoms with Gasteiger partial charge in [-0.15, -0.1) is 0 Å². The fraction of sp³-hybridized carbons (Fsp3) is 0.308. The summed E-state index contributed by atoms with van der Waals surface area (Å²) in [5.41, 5.74) is 1.23. The molecule has 1 aromatic carbocycles. The molecule has 0 bridgehead atoms. The summed E-state index contributed by atoms with van der Waals surface area (Å²) >= 11 is 12.2. The van der Waals surface area contributed by atoms with Crippen LogP contribution in [0.1, 0.15) is 30.7 Å². The molecule has 0 aliphatic rings. The zero-order chi connectivity index (χ0) is 13.1. The Morgan fingerprint density at radius 1 is 1.28 bits per heavy atom. The Labute approximate surface area is 116 Å². The number of halogens is 2. The monoisotopic (exact) mass is 284 g/mol. The van der Waals surface area contributed by atoms with E-state index < -0.39 is 6.10 Å². The van der Waals surface area contributed by atoms with Gasteiger partial charge < -0.3 is 5.11 Å². The zero-order valence-corrected chi connectivity index (χ0v) is 11.5. The van der Waals surface area contributed by atoms with E-state index in [4.69, 9.17) is 23.2 Å². The molecule has 1 unspecified atom stereocenters. The first-order valence-corrected chi connectivity index (χ1v) is 6.54. The number of rotatable bonds is 4. The van der Waals surface area contributed by atoms with Crippen LogP contribution in [0.4, 0.5) is 0 Å². The molecule has 2 rings (SSSR count). The van der Waals surface area contributed by atoms with Crippen molar-refractivity contribution in [3.05, 3.63) is 51.8 Å². The van der Waals surface area contributed by atoms with E-state index in [1.165, 1.54) is 0 Å². The second-order valence-electron chi connectivity index (χ2n) is 4.02. The van der Waals surface area contributed by atoms with E-state index in [1.807, 2.05) is 0 Å². The van der Waals surface area contributed by atoms with Crippen LogP contribution in [0.25, 0.3) is 0 Å². The molecule has 1 heterocycles. The quantitative estimate of drug-likeness (QED) is 0.930. The van der Waals surface area contributed by atoms with Gasteiger partial charge in [-0.2, -0.15) is 5.10 Å². The van der Waals surface area contributed by atoms with Crippen molar-refractivity contribution in [1.29, 1.82) is 0 Å². The lowest BCUT2D eigenvalue weighted by Crippen LogP contribution is -2.10. The van der Waals surface area contributed by atoms with Crippen LogP contribution in [0, 0.1) is 0 Å². The highest BCUT2D eigenvalue weighted by atomic mass is 35.5. The van der Waals surface area contributed by atoms with Gasteiger partial charge in [0, 0.05) is 28.4 Å². The van der Waals surface area contributed by atoms with Crippen molar-refractivity contribution in [3.8, 4) is 0 Å². The number of benzene rings is 1. The van der Waals surface area contributed by atoms with E-state index in [0.717, 1.165) is 13.0 Å². The summed E-state index contributed by atoms with van der Waals surface area (Å²) in [6.07, 6.45) is 1.75. The highest BCUT2D eigenvalue weighted by Crippen LogP contribution is 2.33. The van der Waals surface area contributed by atoms with Gasteiger partial charge in [-0.1, -0.05) is 36.2 Å². The Morgan fingerprint density at radius 3 is 2.56 bits per heavy atom. The van der Waals surface area contributed by atoms with Crippen LogP contribution in [0.5, 0.6) is 0 Å². The van der Waals surface area contributed by atoms with Crippen molar-refractivity contribution in [3.63, 3.8) is 0 Å². The normalized spacial score (nSPS) is 12.7. The van der Waals surface area contributed by atoms with Gasteiger partial charge in [0.15, 0.2) is 0 Å². The summed E-state index contributed by atoms with van der Waals surface area (Å²) in [5.74, 6) is 0. The summed E-state index contributed by atoms with van der Waals surface area (Å²) < 4.78 is 1.77. The topological polar surface area (TPSA) is 38.0 Å². The maximum Gasteiger partial charge on any atom is 0.124 e. The lowest BCUT2D eigenvalue weighted by Gasteiger charge is -2.16. The maximum atomic E-state index is 10.4. The van der Waals surface area contributed by atoms with Crippen molar-refractivity contribution in [2.45, 2.75) is 26.0 Å². The number of hydrogen-bond donors (Lipinski definition) is 1. The van der Waals surface area contributed by atoms with Crippen LogP contribution < -0.4 is 0 Å². The molecule has 3 nitrogen and oxygen atoms in total.